The molecule has 3 aromatic rings. The van der Waals surface area contributed by atoms with Gasteiger partial charge in [-0.25, -0.2) is 0 Å². The normalized spacial score (nSPS) is 13.0. The molecule has 0 aliphatic rings. The summed E-state index contributed by atoms with van der Waals surface area (Å²) >= 11 is 0. The van der Waals surface area contributed by atoms with Crippen LogP contribution in [-0.2, 0) is 16.9 Å². The molecule has 0 saturated heterocycles. The molecule has 0 saturated carbocycles. The van der Waals surface area contributed by atoms with E-state index < -0.39 is 5.54 Å². The van der Waals surface area contributed by atoms with Gasteiger partial charge in [-0.2, -0.15) is 5.10 Å². The molecule has 1 aromatic heterocycles. The Bertz CT molecular complexity index is 871. The van der Waals surface area contributed by atoms with Gasteiger partial charge in [0.2, 0.25) is 5.91 Å². The molecule has 134 valence electrons. The lowest BCUT2D eigenvalue weighted by Crippen LogP contribution is -2.47. The standard InChI is InChI=1S/C21H24N4O/c1-15-9-11-18(12-10-15)23-21(3,17-7-5-4-6-8-17)20(26)22-14-19-13-16(2)24-25-19/h4-13,23H,14H2,1-3H3,(H,22,26)(H,24,25)/t21-/m0/s1. The van der Waals surface area contributed by atoms with E-state index in [-0.39, 0.29) is 5.91 Å². The third kappa shape index (κ3) is 3.94. The van der Waals surface area contributed by atoms with Crippen molar-refractivity contribution < 1.29 is 4.79 Å². The highest BCUT2D eigenvalue weighted by Gasteiger charge is 2.35. The fourth-order valence-electron chi connectivity index (χ4n) is 2.87. The van der Waals surface area contributed by atoms with Crippen LogP contribution in [0.3, 0.4) is 0 Å². The molecule has 0 aliphatic heterocycles. The van der Waals surface area contributed by atoms with Gasteiger partial charge in [0.25, 0.3) is 0 Å². The Morgan fingerprint density at radius 2 is 1.77 bits per heavy atom. The molecule has 2 aromatic carbocycles. The number of carbonyl (C=O) groups excluding carboxylic acids is 1. The number of aromatic nitrogens is 2. The van der Waals surface area contributed by atoms with Crippen molar-refractivity contribution in [3.63, 3.8) is 0 Å². The molecule has 1 amide bonds. The average molecular weight is 348 g/mol. The number of aryl methyl sites for hydroxylation is 2. The summed E-state index contributed by atoms with van der Waals surface area (Å²) in [6.45, 7) is 6.25. The maximum absolute atomic E-state index is 13.1. The van der Waals surface area contributed by atoms with Gasteiger partial charge in [0.1, 0.15) is 5.54 Å². The highest BCUT2D eigenvalue weighted by Crippen LogP contribution is 2.27. The van der Waals surface area contributed by atoms with Crippen molar-refractivity contribution in [3.05, 3.63) is 83.2 Å². The van der Waals surface area contributed by atoms with Crippen LogP contribution >= 0.6 is 0 Å². The smallest absolute Gasteiger partial charge is 0.250 e. The Labute approximate surface area is 153 Å². The molecular formula is C21H24N4O. The van der Waals surface area contributed by atoms with E-state index in [0.717, 1.165) is 22.6 Å². The molecular weight excluding hydrogens is 324 g/mol. The summed E-state index contributed by atoms with van der Waals surface area (Å²) in [5.41, 5.74) is 3.85. The van der Waals surface area contributed by atoms with Gasteiger partial charge in [0.15, 0.2) is 0 Å². The Balaban J connectivity index is 1.84. The lowest BCUT2D eigenvalue weighted by Gasteiger charge is -2.31. The minimum atomic E-state index is -0.901. The van der Waals surface area contributed by atoms with Crippen molar-refractivity contribution in [2.24, 2.45) is 0 Å². The van der Waals surface area contributed by atoms with Gasteiger partial charge < -0.3 is 10.6 Å². The number of rotatable bonds is 6. The third-order valence-electron chi connectivity index (χ3n) is 4.44. The van der Waals surface area contributed by atoms with Crippen LogP contribution in [0, 0.1) is 13.8 Å². The SMILES string of the molecule is Cc1ccc(N[C@](C)(C(=O)NCc2cc(C)[nH]n2)c2ccccc2)cc1. The number of nitrogens with zero attached hydrogens (tertiary/aromatic N) is 1. The number of carbonyl (C=O) groups is 1. The summed E-state index contributed by atoms with van der Waals surface area (Å²) in [7, 11) is 0. The monoisotopic (exact) mass is 348 g/mol. The van der Waals surface area contributed by atoms with Gasteiger partial charge >= 0.3 is 0 Å². The molecule has 26 heavy (non-hydrogen) atoms. The van der Waals surface area contributed by atoms with Crippen LogP contribution in [0.25, 0.3) is 0 Å². The second-order valence-corrected chi connectivity index (χ2v) is 6.71. The first-order valence-electron chi connectivity index (χ1n) is 8.67. The quantitative estimate of drug-likeness (QED) is 0.636. The van der Waals surface area contributed by atoms with E-state index in [2.05, 4.69) is 20.8 Å². The summed E-state index contributed by atoms with van der Waals surface area (Å²) in [6, 6.07) is 19.7. The summed E-state index contributed by atoms with van der Waals surface area (Å²) in [5, 5.41) is 13.5. The Morgan fingerprint density at radius 1 is 1.08 bits per heavy atom. The number of aromatic amines is 1. The predicted octanol–water partition coefficient (Wildman–Crippen LogP) is 3.67. The minimum absolute atomic E-state index is 0.107. The van der Waals surface area contributed by atoms with Gasteiger partial charge in [0, 0.05) is 11.4 Å². The summed E-state index contributed by atoms with van der Waals surface area (Å²) in [6.07, 6.45) is 0. The van der Waals surface area contributed by atoms with Crippen LogP contribution in [-0.4, -0.2) is 16.1 Å². The Morgan fingerprint density at radius 3 is 2.38 bits per heavy atom. The molecule has 1 heterocycles. The summed E-state index contributed by atoms with van der Waals surface area (Å²) in [5.74, 6) is -0.107. The highest BCUT2D eigenvalue weighted by molar-refractivity contribution is 5.90. The van der Waals surface area contributed by atoms with E-state index in [9.17, 15) is 4.79 Å². The zero-order valence-electron chi connectivity index (χ0n) is 15.3. The first-order chi connectivity index (χ1) is 12.5. The van der Waals surface area contributed by atoms with Gasteiger partial charge in [-0.05, 0) is 44.5 Å². The summed E-state index contributed by atoms with van der Waals surface area (Å²) < 4.78 is 0. The average Bonchev–Trinajstić information content (AvgIpc) is 3.07. The van der Waals surface area contributed by atoms with Crippen molar-refractivity contribution in [1.82, 2.24) is 15.5 Å². The van der Waals surface area contributed by atoms with Gasteiger partial charge in [-0.3, -0.25) is 9.89 Å². The van der Waals surface area contributed by atoms with Crippen molar-refractivity contribution in [2.45, 2.75) is 32.9 Å². The van der Waals surface area contributed by atoms with Crippen LogP contribution in [0.2, 0.25) is 0 Å². The van der Waals surface area contributed by atoms with Crippen molar-refractivity contribution in [2.75, 3.05) is 5.32 Å². The maximum atomic E-state index is 13.1. The fraction of sp³-hybridized carbons (Fsp3) is 0.238. The Hall–Kier alpha value is -3.08. The molecule has 3 rings (SSSR count). The fourth-order valence-corrected chi connectivity index (χ4v) is 2.87. The predicted molar refractivity (Wildman–Crippen MR) is 104 cm³/mol. The summed E-state index contributed by atoms with van der Waals surface area (Å²) in [4.78, 5) is 13.1. The molecule has 5 heteroatoms. The number of nitrogens with one attached hydrogen (secondary N) is 3. The lowest BCUT2D eigenvalue weighted by atomic mass is 9.90. The number of H-pyrrole nitrogens is 1. The number of amides is 1. The number of hydrogen-bond acceptors (Lipinski definition) is 3. The Kier molecular flexibility index (Phi) is 5.07. The van der Waals surface area contributed by atoms with E-state index >= 15 is 0 Å². The van der Waals surface area contributed by atoms with Gasteiger partial charge in [0.05, 0.1) is 12.2 Å². The molecule has 1 atom stereocenters. The van der Waals surface area contributed by atoms with Crippen molar-refractivity contribution in [1.29, 1.82) is 0 Å². The highest BCUT2D eigenvalue weighted by atomic mass is 16.2. The largest absolute Gasteiger partial charge is 0.368 e. The maximum Gasteiger partial charge on any atom is 0.250 e. The van der Waals surface area contributed by atoms with Crippen LogP contribution in [0.4, 0.5) is 5.69 Å². The molecule has 3 N–H and O–H groups in total. The number of hydrogen-bond donors (Lipinski definition) is 3. The van der Waals surface area contributed by atoms with E-state index in [1.54, 1.807) is 0 Å². The third-order valence-corrected chi connectivity index (χ3v) is 4.44. The van der Waals surface area contributed by atoms with Crippen LogP contribution in [0.5, 0.6) is 0 Å². The number of benzene rings is 2. The van der Waals surface area contributed by atoms with E-state index in [0.29, 0.717) is 6.54 Å². The van der Waals surface area contributed by atoms with Crippen molar-refractivity contribution in [3.8, 4) is 0 Å². The zero-order chi connectivity index (χ0) is 18.6. The first kappa shape index (κ1) is 17.7. The molecule has 0 fully saturated rings. The van der Waals surface area contributed by atoms with Crippen LogP contribution in [0.1, 0.15) is 29.4 Å². The number of anilines is 1. The van der Waals surface area contributed by atoms with E-state index in [1.165, 1.54) is 5.56 Å². The molecule has 5 nitrogen and oxygen atoms in total. The molecule has 0 aliphatic carbocycles. The minimum Gasteiger partial charge on any atom is -0.368 e. The molecule has 0 unspecified atom stereocenters. The second kappa shape index (κ2) is 7.44. The van der Waals surface area contributed by atoms with Gasteiger partial charge in [-0.15, -0.1) is 0 Å². The van der Waals surface area contributed by atoms with Crippen LogP contribution < -0.4 is 10.6 Å². The molecule has 0 bridgehead atoms. The zero-order valence-corrected chi connectivity index (χ0v) is 15.3. The van der Waals surface area contributed by atoms with E-state index in [1.807, 2.05) is 81.4 Å². The van der Waals surface area contributed by atoms with Crippen LogP contribution in [0.15, 0.2) is 60.7 Å². The molecule has 0 spiro atoms. The topological polar surface area (TPSA) is 69.8 Å². The van der Waals surface area contributed by atoms with Gasteiger partial charge in [-0.1, -0.05) is 48.0 Å². The lowest BCUT2D eigenvalue weighted by molar-refractivity contribution is -0.125. The second-order valence-electron chi connectivity index (χ2n) is 6.71. The van der Waals surface area contributed by atoms with Crippen molar-refractivity contribution >= 4 is 11.6 Å². The molecule has 0 radical (unpaired) electrons. The van der Waals surface area contributed by atoms with E-state index in [4.69, 9.17) is 0 Å². The first-order valence-corrected chi connectivity index (χ1v) is 8.67.